The van der Waals surface area contributed by atoms with Gasteiger partial charge in [0, 0.05) is 33.4 Å². The van der Waals surface area contributed by atoms with Crippen molar-refractivity contribution in [1.82, 2.24) is 4.57 Å². The standard InChI is InChI=1S/C54H45BN2/c1-53(2,3)39-24-28-47-43(31-39)44-32-40(54(4,5)6)33-46-52(44)56(47)49-30-38(35-17-11-8-12-18-35)29-45-50-42-20-14-13-19-37(42)23-27-48(50)57(55(46)51(45)49)41-25-21-36(22-26-41)34-15-9-7-10-16-34/h7-33H,1-6H3. The lowest BCUT2D eigenvalue weighted by Gasteiger charge is -2.43. The molecular weight excluding hydrogens is 687 g/mol. The largest absolute Gasteiger partial charge is 0.376 e. The normalized spacial score (nSPS) is 13.4. The van der Waals surface area contributed by atoms with Crippen LogP contribution >= 0.6 is 0 Å². The van der Waals surface area contributed by atoms with Gasteiger partial charge in [-0.1, -0.05) is 157 Å². The molecule has 57 heavy (non-hydrogen) atoms. The first kappa shape index (κ1) is 34.0. The van der Waals surface area contributed by atoms with Crippen LogP contribution in [-0.2, 0) is 10.8 Å². The van der Waals surface area contributed by atoms with E-state index in [0.717, 1.165) is 0 Å². The lowest BCUT2D eigenvalue weighted by Crippen LogP contribution is -2.60. The molecule has 0 saturated heterocycles. The molecule has 274 valence electrons. The van der Waals surface area contributed by atoms with Crippen LogP contribution in [0.3, 0.4) is 0 Å². The summed E-state index contributed by atoms with van der Waals surface area (Å²) in [6, 6.07) is 61.8. The zero-order valence-electron chi connectivity index (χ0n) is 33.6. The molecule has 0 saturated carbocycles. The summed E-state index contributed by atoms with van der Waals surface area (Å²) >= 11 is 0. The Balaban J connectivity index is 1.31. The average Bonchev–Trinajstić information content (AvgIpc) is 3.56. The summed E-state index contributed by atoms with van der Waals surface area (Å²) in [5.41, 5.74) is 19.2. The van der Waals surface area contributed by atoms with E-state index in [9.17, 15) is 0 Å². The van der Waals surface area contributed by atoms with Crippen LogP contribution in [0.5, 0.6) is 0 Å². The first-order chi connectivity index (χ1) is 27.5. The highest BCUT2D eigenvalue weighted by Gasteiger charge is 2.45. The first-order valence-corrected chi connectivity index (χ1v) is 20.4. The van der Waals surface area contributed by atoms with E-state index in [1.807, 2.05) is 0 Å². The third-order valence-corrected chi connectivity index (χ3v) is 12.6. The molecule has 0 atom stereocenters. The zero-order chi connectivity index (χ0) is 38.8. The molecule has 3 heterocycles. The van der Waals surface area contributed by atoms with Gasteiger partial charge >= 0.3 is 6.85 Å². The Labute approximate surface area is 336 Å². The Morgan fingerprint density at radius 2 is 1.09 bits per heavy atom. The number of benzene rings is 8. The molecule has 0 aliphatic carbocycles. The Morgan fingerprint density at radius 1 is 0.456 bits per heavy atom. The molecule has 0 unspecified atom stereocenters. The minimum absolute atomic E-state index is 0.0235. The van der Waals surface area contributed by atoms with Crippen molar-refractivity contribution in [1.29, 1.82) is 0 Å². The van der Waals surface area contributed by atoms with E-state index in [1.54, 1.807) is 0 Å². The number of anilines is 2. The lowest BCUT2D eigenvalue weighted by molar-refractivity contribution is 0.590. The molecule has 3 heteroatoms. The van der Waals surface area contributed by atoms with Crippen LogP contribution in [0.4, 0.5) is 11.4 Å². The molecule has 1 aromatic heterocycles. The molecule has 2 nitrogen and oxygen atoms in total. The molecule has 0 radical (unpaired) electrons. The summed E-state index contributed by atoms with van der Waals surface area (Å²) < 4.78 is 2.62. The SMILES string of the molecule is CC(C)(C)c1ccc2c(c1)c1cc(C(C)(C)C)cc3c1n2-c1cc(-c2ccccc2)cc2c1B3N(c1ccc(-c3ccccc3)cc1)c1ccc3ccccc3c1-2. The first-order valence-electron chi connectivity index (χ1n) is 20.4. The molecule has 9 aromatic rings. The Kier molecular flexibility index (Phi) is 7.21. The second-order valence-corrected chi connectivity index (χ2v) is 18.2. The van der Waals surface area contributed by atoms with Crippen LogP contribution in [0.2, 0.25) is 0 Å². The minimum atomic E-state index is -0.0558. The Bertz CT molecular complexity index is 3070. The summed E-state index contributed by atoms with van der Waals surface area (Å²) in [5, 5.41) is 5.18. The van der Waals surface area contributed by atoms with E-state index in [1.165, 1.54) is 105 Å². The molecule has 0 spiro atoms. The molecular formula is C54H45BN2. The van der Waals surface area contributed by atoms with E-state index in [0.29, 0.717) is 0 Å². The van der Waals surface area contributed by atoms with Crippen LogP contribution in [0.25, 0.3) is 71.6 Å². The number of nitrogens with zero attached hydrogens (tertiary/aromatic N) is 2. The smallest absolute Gasteiger partial charge is 0.333 e. The Hall–Kier alpha value is -6.32. The van der Waals surface area contributed by atoms with Gasteiger partial charge in [-0.15, -0.1) is 0 Å². The fourth-order valence-electron chi connectivity index (χ4n) is 9.69. The van der Waals surface area contributed by atoms with Gasteiger partial charge in [-0.2, -0.15) is 0 Å². The predicted octanol–water partition coefficient (Wildman–Crippen LogP) is 13.1. The molecule has 0 amide bonds. The van der Waals surface area contributed by atoms with E-state index in [4.69, 9.17) is 0 Å². The number of aromatic nitrogens is 1. The van der Waals surface area contributed by atoms with Gasteiger partial charge in [0.05, 0.1) is 11.0 Å². The van der Waals surface area contributed by atoms with Gasteiger partial charge in [0.2, 0.25) is 0 Å². The van der Waals surface area contributed by atoms with Crippen LogP contribution in [0.1, 0.15) is 52.7 Å². The third-order valence-electron chi connectivity index (χ3n) is 12.6. The second kappa shape index (κ2) is 12.1. The van der Waals surface area contributed by atoms with Crippen LogP contribution < -0.4 is 15.7 Å². The fraction of sp³-hybridized carbons (Fsp3) is 0.148. The van der Waals surface area contributed by atoms with Gasteiger partial charge in [-0.3, -0.25) is 0 Å². The lowest BCUT2D eigenvalue weighted by atomic mass is 9.43. The molecule has 11 rings (SSSR count). The van der Waals surface area contributed by atoms with Crippen molar-refractivity contribution in [3.63, 3.8) is 0 Å². The topological polar surface area (TPSA) is 8.17 Å². The fourth-order valence-corrected chi connectivity index (χ4v) is 9.69. The van der Waals surface area contributed by atoms with Gasteiger partial charge in [0.15, 0.2) is 0 Å². The van der Waals surface area contributed by atoms with E-state index >= 15 is 0 Å². The number of fused-ring (bicyclic) bond motifs is 9. The average molecular weight is 733 g/mol. The van der Waals surface area contributed by atoms with Crippen molar-refractivity contribution in [3.8, 4) is 39.1 Å². The summed E-state index contributed by atoms with van der Waals surface area (Å²) in [7, 11) is 0. The van der Waals surface area contributed by atoms with Crippen LogP contribution in [0, 0.1) is 0 Å². The summed E-state index contributed by atoms with van der Waals surface area (Å²) in [6.45, 7) is 14.0. The van der Waals surface area contributed by atoms with Crippen LogP contribution in [0.15, 0.2) is 164 Å². The summed E-state index contributed by atoms with van der Waals surface area (Å²) in [6.07, 6.45) is 0. The van der Waals surface area contributed by atoms with E-state index < -0.39 is 0 Å². The van der Waals surface area contributed by atoms with Crippen molar-refractivity contribution >= 4 is 61.7 Å². The number of rotatable bonds is 3. The minimum Gasteiger partial charge on any atom is -0.376 e. The van der Waals surface area contributed by atoms with Crippen molar-refractivity contribution in [2.75, 3.05) is 4.81 Å². The molecule has 8 aromatic carbocycles. The zero-order valence-corrected chi connectivity index (χ0v) is 33.6. The maximum Gasteiger partial charge on any atom is 0.333 e. The highest BCUT2D eigenvalue weighted by atomic mass is 15.1. The van der Waals surface area contributed by atoms with Crippen LogP contribution in [-0.4, -0.2) is 11.4 Å². The van der Waals surface area contributed by atoms with Crippen molar-refractivity contribution < 1.29 is 0 Å². The molecule has 0 N–H and O–H groups in total. The highest BCUT2D eigenvalue weighted by molar-refractivity contribution is 6.93. The molecule has 2 aliphatic rings. The van der Waals surface area contributed by atoms with Crippen molar-refractivity contribution in [2.24, 2.45) is 0 Å². The predicted molar refractivity (Wildman–Crippen MR) is 246 cm³/mol. The van der Waals surface area contributed by atoms with Crippen molar-refractivity contribution in [2.45, 2.75) is 52.4 Å². The molecule has 0 fully saturated rings. The van der Waals surface area contributed by atoms with Gasteiger partial charge in [-0.05, 0) is 120 Å². The quantitative estimate of drug-likeness (QED) is 0.164. The highest BCUT2D eigenvalue weighted by Crippen LogP contribution is 2.49. The summed E-state index contributed by atoms with van der Waals surface area (Å²) in [5.74, 6) is 0. The second-order valence-electron chi connectivity index (χ2n) is 18.2. The number of hydrogen-bond acceptors (Lipinski definition) is 1. The van der Waals surface area contributed by atoms with Gasteiger partial charge in [0.1, 0.15) is 0 Å². The maximum atomic E-state index is 2.66. The molecule has 2 aliphatic heterocycles. The summed E-state index contributed by atoms with van der Waals surface area (Å²) in [4.78, 5) is 2.66. The maximum absolute atomic E-state index is 2.66. The van der Waals surface area contributed by atoms with Crippen molar-refractivity contribution in [3.05, 3.63) is 175 Å². The molecule has 0 bridgehead atoms. The van der Waals surface area contributed by atoms with Gasteiger partial charge in [-0.25, -0.2) is 0 Å². The number of hydrogen-bond donors (Lipinski definition) is 0. The third kappa shape index (κ3) is 5.11. The van der Waals surface area contributed by atoms with E-state index in [2.05, 4.69) is 215 Å². The van der Waals surface area contributed by atoms with Gasteiger partial charge in [0.25, 0.3) is 0 Å². The Morgan fingerprint density at radius 3 is 1.79 bits per heavy atom. The monoisotopic (exact) mass is 732 g/mol. The van der Waals surface area contributed by atoms with E-state index in [-0.39, 0.29) is 17.7 Å². The van der Waals surface area contributed by atoms with Gasteiger partial charge < -0.3 is 9.38 Å².